The number of nitrogens with zero attached hydrogens (tertiary/aromatic N) is 2. The first-order chi connectivity index (χ1) is 9.62. The molecule has 1 aromatic rings. The van der Waals surface area contributed by atoms with E-state index in [0.717, 1.165) is 10.7 Å². The quantitative estimate of drug-likeness (QED) is 0.683. The predicted molar refractivity (Wildman–Crippen MR) is 87.0 cm³/mol. The van der Waals surface area contributed by atoms with E-state index in [2.05, 4.69) is 31.9 Å². The number of rotatable bonds is 3. The van der Waals surface area contributed by atoms with Gasteiger partial charge in [0, 0.05) is 35.1 Å². The van der Waals surface area contributed by atoms with E-state index < -0.39 is 20.0 Å². The molecule has 1 fully saturated rings. The zero-order chi connectivity index (χ0) is 15.8. The van der Waals surface area contributed by atoms with Crippen LogP contribution in [0.2, 0.25) is 0 Å². The summed E-state index contributed by atoms with van der Waals surface area (Å²) in [7, 11) is -6.91. The maximum Gasteiger partial charge on any atom is 0.244 e. The summed E-state index contributed by atoms with van der Waals surface area (Å²) in [6.45, 7) is 0.647. The van der Waals surface area contributed by atoms with Crippen LogP contribution in [0.4, 0.5) is 0 Å². The van der Waals surface area contributed by atoms with Crippen molar-refractivity contribution in [1.29, 1.82) is 0 Å². The Morgan fingerprint density at radius 1 is 0.952 bits per heavy atom. The molecular formula is C11H14Br2N2O4S2. The van der Waals surface area contributed by atoms with Gasteiger partial charge in [-0.25, -0.2) is 16.8 Å². The summed E-state index contributed by atoms with van der Waals surface area (Å²) >= 11 is 6.53. The van der Waals surface area contributed by atoms with Gasteiger partial charge >= 0.3 is 0 Å². The second kappa shape index (κ2) is 6.25. The second-order valence-electron chi connectivity index (χ2n) is 4.64. The van der Waals surface area contributed by atoms with E-state index in [9.17, 15) is 16.8 Å². The minimum absolute atomic E-state index is 0.151. The molecule has 1 aromatic carbocycles. The molecule has 0 aromatic heterocycles. The highest BCUT2D eigenvalue weighted by atomic mass is 79.9. The molecule has 1 heterocycles. The van der Waals surface area contributed by atoms with E-state index in [-0.39, 0.29) is 31.1 Å². The highest BCUT2D eigenvalue weighted by Crippen LogP contribution is 2.28. The SMILES string of the molecule is CS(=O)(=O)N1CCN(S(=O)(=O)c2ccc(Br)cc2Br)CC1. The molecule has 0 spiro atoms. The van der Waals surface area contributed by atoms with Crippen molar-refractivity contribution in [3.63, 3.8) is 0 Å². The van der Waals surface area contributed by atoms with E-state index in [1.807, 2.05) is 0 Å². The Bertz CT molecular complexity index is 741. The van der Waals surface area contributed by atoms with Gasteiger partial charge in [-0.1, -0.05) is 15.9 Å². The standard InChI is InChI=1S/C11H14Br2N2O4S2/c1-20(16,17)14-4-6-15(7-5-14)21(18,19)11-3-2-9(12)8-10(11)13/h2-3,8H,4-7H2,1H3. The van der Waals surface area contributed by atoms with Crippen LogP contribution in [-0.4, -0.2) is 57.9 Å². The number of sulfonamides is 2. The average Bonchev–Trinajstić information content (AvgIpc) is 2.37. The summed E-state index contributed by atoms with van der Waals surface area (Å²) in [5, 5.41) is 0. The minimum Gasteiger partial charge on any atom is -0.213 e. The van der Waals surface area contributed by atoms with Crippen molar-refractivity contribution >= 4 is 51.9 Å². The van der Waals surface area contributed by atoms with Gasteiger partial charge in [-0.2, -0.15) is 8.61 Å². The maximum absolute atomic E-state index is 12.6. The Labute approximate surface area is 141 Å². The maximum atomic E-state index is 12.6. The van der Waals surface area contributed by atoms with E-state index in [1.54, 1.807) is 12.1 Å². The normalized spacial score (nSPS) is 18.8. The van der Waals surface area contributed by atoms with Gasteiger partial charge < -0.3 is 0 Å². The first-order valence-electron chi connectivity index (χ1n) is 6.03. The van der Waals surface area contributed by atoms with E-state index in [0.29, 0.717) is 4.47 Å². The third kappa shape index (κ3) is 3.85. The van der Waals surface area contributed by atoms with Crippen LogP contribution in [0.5, 0.6) is 0 Å². The Morgan fingerprint density at radius 2 is 1.48 bits per heavy atom. The smallest absolute Gasteiger partial charge is 0.213 e. The second-order valence-corrected chi connectivity index (χ2v) is 10.3. The molecule has 0 unspecified atom stereocenters. The van der Waals surface area contributed by atoms with Gasteiger partial charge in [0.2, 0.25) is 20.0 Å². The Hall–Kier alpha value is -0.000000000000000111. The zero-order valence-electron chi connectivity index (χ0n) is 11.2. The molecule has 0 saturated carbocycles. The monoisotopic (exact) mass is 460 g/mol. The predicted octanol–water partition coefficient (Wildman–Crippen LogP) is 1.48. The topological polar surface area (TPSA) is 74.8 Å². The lowest BCUT2D eigenvalue weighted by molar-refractivity contribution is 0.274. The number of benzene rings is 1. The summed E-state index contributed by atoms with van der Waals surface area (Å²) < 4.78 is 51.9. The van der Waals surface area contributed by atoms with Crippen LogP contribution in [0.3, 0.4) is 0 Å². The Kier molecular flexibility index (Phi) is 5.16. The summed E-state index contributed by atoms with van der Waals surface area (Å²) in [6, 6.07) is 4.84. The van der Waals surface area contributed by atoms with Crippen molar-refractivity contribution in [1.82, 2.24) is 8.61 Å². The molecule has 0 N–H and O–H groups in total. The molecule has 118 valence electrons. The molecule has 10 heteroatoms. The largest absolute Gasteiger partial charge is 0.244 e. The lowest BCUT2D eigenvalue weighted by atomic mass is 10.4. The van der Waals surface area contributed by atoms with Gasteiger partial charge in [0.1, 0.15) is 0 Å². The third-order valence-corrected chi connectivity index (χ3v) is 7.85. The molecule has 0 bridgehead atoms. The highest BCUT2D eigenvalue weighted by Gasteiger charge is 2.32. The van der Waals surface area contributed by atoms with Gasteiger partial charge in [-0.3, -0.25) is 0 Å². The van der Waals surface area contributed by atoms with E-state index >= 15 is 0 Å². The van der Waals surface area contributed by atoms with Crippen LogP contribution >= 0.6 is 31.9 Å². The lowest BCUT2D eigenvalue weighted by Crippen LogP contribution is -2.50. The van der Waals surface area contributed by atoms with Crippen molar-refractivity contribution in [2.75, 3.05) is 32.4 Å². The molecule has 0 amide bonds. The van der Waals surface area contributed by atoms with Crippen molar-refractivity contribution < 1.29 is 16.8 Å². The number of hydrogen-bond acceptors (Lipinski definition) is 4. The molecule has 1 aliphatic heterocycles. The van der Waals surface area contributed by atoms with Crippen molar-refractivity contribution in [3.05, 3.63) is 27.1 Å². The molecular weight excluding hydrogens is 448 g/mol. The fourth-order valence-corrected chi connectivity index (χ4v) is 6.02. The Balaban J connectivity index is 2.23. The summed E-state index contributed by atoms with van der Waals surface area (Å²) in [5.41, 5.74) is 0. The molecule has 1 saturated heterocycles. The summed E-state index contributed by atoms with van der Waals surface area (Å²) in [6.07, 6.45) is 1.13. The van der Waals surface area contributed by atoms with E-state index in [4.69, 9.17) is 0 Å². The first-order valence-corrected chi connectivity index (χ1v) is 10.9. The highest BCUT2D eigenvalue weighted by molar-refractivity contribution is 9.11. The van der Waals surface area contributed by atoms with Crippen LogP contribution in [0.25, 0.3) is 0 Å². The van der Waals surface area contributed by atoms with Crippen LogP contribution in [0, 0.1) is 0 Å². The van der Waals surface area contributed by atoms with Gasteiger partial charge in [-0.05, 0) is 34.1 Å². The number of piperazine rings is 1. The molecule has 1 aliphatic rings. The lowest BCUT2D eigenvalue weighted by Gasteiger charge is -2.32. The van der Waals surface area contributed by atoms with Crippen molar-refractivity contribution in [3.8, 4) is 0 Å². The summed E-state index contributed by atoms with van der Waals surface area (Å²) in [4.78, 5) is 0.179. The van der Waals surface area contributed by atoms with Crippen molar-refractivity contribution in [2.45, 2.75) is 4.90 Å². The van der Waals surface area contributed by atoms with Gasteiger partial charge in [0.25, 0.3) is 0 Å². The molecule has 0 radical (unpaired) electrons. The van der Waals surface area contributed by atoms with Crippen LogP contribution < -0.4 is 0 Å². The fraction of sp³-hybridized carbons (Fsp3) is 0.455. The third-order valence-electron chi connectivity index (χ3n) is 3.18. The molecule has 0 aliphatic carbocycles. The average molecular weight is 462 g/mol. The minimum atomic E-state index is -3.63. The van der Waals surface area contributed by atoms with Crippen LogP contribution in [-0.2, 0) is 20.0 Å². The van der Waals surface area contributed by atoms with Gasteiger partial charge in [-0.15, -0.1) is 0 Å². The van der Waals surface area contributed by atoms with Gasteiger partial charge in [0.05, 0.1) is 11.2 Å². The molecule has 2 rings (SSSR count). The zero-order valence-corrected chi connectivity index (χ0v) is 16.0. The molecule has 21 heavy (non-hydrogen) atoms. The molecule has 6 nitrogen and oxygen atoms in total. The van der Waals surface area contributed by atoms with Crippen LogP contribution in [0.15, 0.2) is 32.0 Å². The van der Waals surface area contributed by atoms with Crippen molar-refractivity contribution in [2.24, 2.45) is 0 Å². The van der Waals surface area contributed by atoms with Gasteiger partial charge in [0.15, 0.2) is 0 Å². The molecule has 0 atom stereocenters. The van der Waals surface area contributed by atoms with E-state index in [1.165, 1.54) is 14.7 Å². The number of halogens is 2. The number of hydrogen-bond donors (Lipinski definition) is 0. The summed E-state index contributed by atoms with van der Waals surface area (Å²) in [5.74, 6) is 0. The Morgan fingerprint density at radius 3 is 1.95 bits per heavy atom. The van der Waals surface area contributed by atoms with Crippen LogP contribution in [0.1, 0.15) is 0 Å². The first kappa shape index (κ1) is 17.4. The fourth-order valence-electron chi connectivity index (χ4n) is 2.07.